The third-order valence-corrected chi connectivity index (χ3v) is 5.79. The van der Waals surface area contributed by atoms with Gasteiger partial charge in [-0.3, -0.25) is 4.79 Å². The Morgan fingerprint density at radius 1 is 1.46 bits per heavy atom. The van der Waals surface area contributed by atoms with Crippen LogP contribution < -0.4 is 5.32 Å². The van der Waals surface area contributed by atoms with Crippen molar-refractivity contribution in [3.05, 3.63) is 46.7 Å². The SMILES string of the molecule is CCc1cnn(-c2ccc(C(=O)NC3C[C@@H]4CC[C@H]3N4C#N)c(Cl)c2)c1. The maximum Gasteiger partial charge on any atom is 0.253 e. The predicted molar refractivity (Wildman–Crippen MR) is 98.1 cm³/mol. The standard InChI is InChI=1S/C19H20ClN5O/c1-2-12-9-22-25(10-12)14-3-5-15(16(20)7-14)19(26)23-17-8-13-4-6-18(17)24(13)11-21/h3,5,7,9-10,13,17-18H,2,4,6,8H2,1H3,(H,23,26)/t13-,17?,18+/m0/s1. The van der Waals surface area contributed by atoms with E-state index in [9.17, 15) is 10.1 Å². The number of nitrogens with zero attached hydrogens (tertiary/aromatic N) is 4. The molecule has 2 aliphatic rings. The summed E-state index contributed by atoms with van der Waals surface area (Å²) in [5.41, 5.74) is 2.41. The Kier molecular flexibility index (Phi) is 4.33. The molecule has 0 saturated carbocycles. The second-order valence-electron chi connectivity index (χ2n) is 6.93. The molecule has 2 fully saturated rings. The second-order valence-corrected chi connectivity index (χ2v) is 7.34. The molecule has 1 unspecified atom stereocenters. The number of carbonyl (C=O) groups is 1. The normalized spacial score (nSPS) is 23.9. The first kappa shape index (κ1) is 16.9. The molecule has 3 heterocycles. The number of nitrogens with one attached hydrogen (secondary N) is 1. The molecule has 134 valence electrons. The van der Waals surface area contributed by atoms with E-state index < -0.39 is 0 Å². The van der Waals surface area contributed by atoms with Gasteiger partial charge in [0.15, 0.2) is 6.19 Å². The summed E-state index contributed by atoms with van der Waals surface area (Å²) >= 11 is 6.37. The summed E-state index contributed by atoms with van der Waals surface area (Å²) in [5, 5.41) is 17.0. The number of amides is 1. The van der Waals surface area contributed by atoms with Crippen LogP contribution in [0.1, 0.15) is 42.1 Å². The van der Waals surface area contributed by atoms with Crippen LogP contribution in [0.5, 0.6) is 0 Å². The summed E-state index contributed by atoms with van der Waals surface area (Å²) < 4.78 is 1.76. The number of fused-ring (bicyclic) bond motifs is 2. The lowest BCUT2D eigenvalue weighted by atomic mass is 9.95. The lowest BCUT2D eigenvalue weighted by Gasteiger charge is -2.22. The highest BCUT2D eigenvalue weighted by Gasteiger charge is 2.46. The molecule has 7 heteroatoms. The molecule has 3 atom stereocenters. The van der Waals surface area contributed by atoms with E-state index >= 15 is 0 Å². The van der Waals surface area contributed by atoms with Crippen molar-refractivity contribution in [2.75, 3.05) is 0 Å². The van der Waals surface area contributed by atoms with Crippen molar-refractivity contribution < 1.29 is 4.79 Å². The van der Waals surface area contributed by atoms with E-state index in [-0.39, 0.29) is 24.0 Å². The predicted octanol–water partition coefficient (Wildman–Crippen LogP) is 2.90. The monoisotopic (exact) mass is 369 g/mol. The maximum atomic E-state index is 12.7. The number of nitriles is 1. The van der Waals surface area contributed by atoms with Gasteiger partial charge in [0, 0.05) is 12.2 Å². The molecule has 2 bridgehead atoms. The van der Waals surface area contributed by atoms with Crippen LogP contribution in [0.4, 0.5) is 0 Å². The molecular formula is C19H20ClN5O. The molecule has 2 aromatic rings. The Labute approximate surface area is 157 Å². The van der Waals surface area contributed by atoms with Gasteiger partial charge in [-0.15, -0.1) is 0 Å². The van der Waals surface area contributed by atoms with Gasteiger partial charge in [-0.1, -0.05) is 18.5 Å². The molecule has 0 radical (unpaired) electrons. The number of hydrogen-bond donors (Lipinski definition) is 1. The third-order valence-electron chi connectivity index (χ3n) is 5.47. The molecule has 1 aromatic carbocycles. The van der Waals surface area contributed by atoms with Crippen molar-refractivity contribution in [2.24, 2.45) is 0 Å². The van der Waals surface area contributed by atoms with Gasteiger partial charge in [-0.2, -0.15) is 10.4 Å². The Hall–Kier alpha value is -2.52. The van der Waals surface area contributed by atoms with Crippen LogP contribution in [0.3, 0.4) is 0 Å². The fraction of sp³-hybridized carbons (Fsp3) is 0.421. The fourth-order valence-corrected chi connectivity index (χ4v) is 4.32. The van der Waals surface area contributed by atoms with Crippen molar-refractivity contribution >= 4 is 17.5 Å². The number of benzene rings is 1. The maximum absolute atomic E-state index is 12.7. The van der Waals surface area contributed by atoms with Crippen LogP contribution >= 0.6 is 11.6 Å². The van der Waals surface area contributed by atoms with E-state index in [2.05, 4.69) is 23.5 Å². The van der Waals surface area contributed by atoms with Crippen molar-refractivity contribution in [3.63, 3.8) is 0 Å². The van der Waals surface area contributed by atoms with Gasteiger partial charge in [-0.25, -0.2) is 4.68 Å². The topological polar surface area (TPSA) is 74.0 Å². The summed E-state index contributed by atoms with van der Waals surface area (Å²) in [6.45, 7) is 2.07. The molecule has 1 amide bonds. The zero-order valence-corrected chi connectivity index (χ0v) is 15.3. The third kappa shape index (κ3) is 2.82. The lowest BCUT2D eigenvalue weighted by molar-refractivity contribution is 0.0928. The molecule has 4 rings (SSSR count). The quantitative estimate of drug-likeness (QED) is 0.841. The van der Waals surface area contributed by atoms with E-state index in [1.165, 1.54) is 0 Å². The van der Waals surface area contributed by atoms with E-state index in [0.717, 1.165) is 36.9 Å². The molecule has 26 heavy (non-hydrogen) atoms. The van der Waals surface area contributed by atoms with E-state index in [1.807, 2.05) is 23.4 Å². The van der Waals surface area contributed by atoms with Crippen LogP contribution in [0.15, 0.2) is 30.6 Å². The first-order chi connectivity index (χ1) is 12.6. The van der Waals surface area contributed by atoms with Crippen LogP contribution in [0.25, 0.3) is 5.69 Å². The largest absolute Gasteiger partial charge is 0.347 e. The summed E-state index contributed by atoms with van der Waals surface area (Å²) in [5.74, 6) is -0.188. The number of aryl methyl sites for hydroxylation is 1. The molecule has 1 aromatic heterocycles. The smallest absolute Gasteiger partial charge is 0.253 e. The Morgan fingerprint density at radius 2 is 2.31 bits per heavy atom. The molecule has 1 N–H and O–H groups in total. The van der Waals surface area contributed by atoms with Crippen LogP contribution in [0, 0.1) is 11.5 Å². The molecule has 2 aliphatic heterocycles. The number of carbonyl (C=O) groups excluding carboxylic acids is 1. The van der Waals surface area contributed by atoms with E-state index in [4.69, 9.17) is 11.6 Å². The van der Waals surface area contributed by atoms with Gasteiger partial charge >= 0.3 is 0 Å². The first-order valence-corrected chi connectivity index (χ1v) is 9.31. The number of hydrogen-bond acceptors (Lipinski definition) is 4. The van der Waals surface area contributed by atoms with Gasteiger partial charge < -0.3 is 10.2 Å². The van der Waals surface area contributed by atoms with Crippen LogP contribution in [-0.4, -0.2) is 38.7 Å². The molecule has 0 aliphatic carbocycles. The van der Waals surface area contributed by atoms with Gasteiger partial charge in [0.25, 0.3) is 5.91 Å². The van der Waals surface area contributed by atoms with Crippen LogP contribution in [-0.2, 0) is 6.42 Å². The summed E-state index contributed by atoms with van der Waals surface area (Å²) in [6, 6.07) is 5.72. The fourth-order valence-electron chi connectivity index (χ4n) is 4.06. The molecule has 6 nitrogen and oxygen atoms in total. The van der Waals surface area contributed by atoms with Crippen molar-refractivity contribution in [3.8, 4) is 11.9 Å². The minimum Gasteiger partial charge on any atom is -0.347 e. The summed E-state index contributed by atoms with van der Waals surface area (Å²) in [4.78, 5) is 14.5. The zero-order chi connectivity index (χ0) is 18.3. The minimum absolute atomic E-state index is 0.00914. The van der Waals surface area contributed by atoms with Gasteiger partial charge in [0.05, 0.1) is 34.6 Å². The van der Waals surface area contributed by atoms with E-state index in [1.54, 1.807) is 16.8 Å². The molecular weight excluding hydrogens is 350 g/mol. The minimum atomic E-state index is -0.188. The average Bonchev–Trinajstić information content (AvgIpc) is 3.35. The van der Waals surface area contributed by atoms with E-state index in [0.29, 0.717) is 10.6 Å². The highest BCUT2D eigenvalue weighted by molar-refractivity contribution is 6.34. The highest BCUT2D eigenvalue weighted by Crippen LogP contribution is 2.37. The zero-order valence-electron chi connectivity index (χ0n) is 14.5. The van der Waals surface area contributed by atoms with Crippen molar-refractivity contribution in [2.45, 2.75) is 50.7 Å². The molecule has 0 spiro atoms. The second kappa shape index (κ2) is 6.65. The number of rotatable bonds is 4. The average molecular weight is 370 g/mol. The van der Waals surface area contributed by atoms with Crippen LogP contribution in [0.2, 0.25) is 5.02 Å². The van der Waals surface area contributed by atoms with Gasteiger partial charge in [0.1, 0.15) is 0 Å². The first-order valence-electron chi connectivity index (χ1n) is 8.93. The highest BCUT2D eigenvalue weighted by atomic mass is 35.5. The summed E-state index contributed by atoms with van der Waals surface area (Å²) in [7, 11) is 0. The molecule has 2 saturated heterocycles. The number of halogens is 1. The number of aromatic nitrogens is 2. The van der Waals surface area contributed by atoms with Crippen molar-refractivity contribution in [1.29, 1.82) is 5.26 Å². The Bertz CT molecular complexity index is 886. The Balaban J connectivity index is 1.49. The van der Waals surface area contributed by atoms with Crippen molar-refractivity contribution in [1.82, 2.24) is 20.0 Å². The van der Waals surface area contributed by atoms with Gasteiger partial charge in [0.2, 0.25) is 0 Å². The lowest BCUT2D eigenvalue weighted by Crippen LogP contribution is -2.43. The van der Waals surface area contributed by atoms with Gasteiger partial charge in [-0.05, 0) is 49.4 Å². The Morgan fingerprint density at radius 3 is 2.96 bits per heavy atom. The summed E-state index contributed by atoms with van der Waals surface area (Å²) in [6.07, 6.45) is 9.76.